The van der Waals surface area contributed by atoms with Crippen molar-refractivity contribution in [2.24, 2.45) is 0 Å². The number of urea groups is 1. The number of rotatable bonds is 6. The number of H-pyrrole nitrogens is 1. The molecule has 8 heteroatoms. The highest BCUT2D eigenvalue weighted by Gasteiger charge is 2.29. The highest BCUT2D eigenvalue weighted by Crippen LogP contribution is 2.21. The maximum absolute atomic E-state index is 13.8. The van der Waals surface area contributed by atoms with Crippen molar-refractivity contribution in [3.63, 3.8) is 0 Å². The summed E-state index contributed by atoms with van der Waals surface area (Å²) >= 11 is 0. The van der Waals surface area contributed by atoms with Crippen molar-refractivity contribution in [2.45, 2.75) is 24.7 Å². The summed E-state index contributed by atoms with van der Waals surface area (Å²) < 4.78 is 19.0. The molecule has 0 bridgehead atoms. The van der Waals surface area contributed by atoms with E-state index in [0.29, 0.717) is 18.8 Å². The first-order valence-corrected chi connectivity index (χ1v) is 9.62. The fourth-order valence-electron chi connectivity index (χ4n) is 3.51. The van der Waals surface area contributed by atoms with E-state index in [2.05, 4.69) is 25.9 Å². The second-order valence-corrected chi connectivity index (χ2v) is 7.14. The zero-order chi connectivity index (χ0) is 20.2. The van der Waals surface area contributed by atoms with Crippen LogP contribution in [0.3, 0.4) is 0 Å². The Morgan fingerprint density at radius 3 is 2.72 bits per heavy atom. The molecule has 7 nitrogen and oxygen atoms in total. The fourth-order valence-corrected chi connectivity index (χ4v) is 3.51. The summed E-state index contributed by atoms with van der Waals surface area (Å²) in [5, 5.41) is 8.60. The number of aromatic nitrogens is 2. The number of carbonyl (C=O) groups is 1. The number of carbonyl (C=O) groups excluding carboxylic acids is 1. The quantitative estimate of drug-likeness (QED) is 0.514. The monoisotopic (exact) mass is 397 g/mol. The van der Waals surface area contributed by atoms with Crippen LogP contribution in [0.1, 0.15) is 17.4 Å². The van der Waals surface area contributed by atoms with E-state index >= 15 is 0 Å². The number of para-hydroxylation sites is 2. The van der Waals surface area contributed by atoms with Gasteiger partial charge in [0.25, 0.3) is 0 Å². The molecule has 1 aliphatic rings. The van der Waals surface area contributed by atoms with Gasteiger partial charge in [0.15, 0.2) is 0 Å². The Morgan fingerprint density at radius 2 is 2.03 bits per heavy atom. The van der Waals surface area contributed by atoms with E-state index in [4.69, 9.17) is 4.74 Å². The minimum absolute atomic E-state index is 0.254. The Morgan fingerprint density at radius 1 is 1.24 bits per heavy atom. The summed E-state index contributed by atoms with van der Waals surface area (Å²) in [6, 6.07) is 14.0. The molecule has 4 rings (SSSR count). The molecule has 29 heavy (non-hydrogen) atoms. The normalized spacial score (nSPS) is 19.8. The van der Waals surface area contributed by atoms with Gasteiger partial charge in [0.05, 0.1) is 30.2 Å². The van der Waals surface area contributed by atoms with Gasteiger partial charge in [-0.3, -0.25) is 0 Å². The topological polar surface area (TPSA) is 91.1 Å². The smallest absolute Gasteiger partial charge is 0.315 e. The van der Waals surface area contributed by atoms with Gasteiger partial charge < -0.3 is 25.7 Å². The summed E-state index contributed by atoms with van der Waals surface area (Å²) in [5.41, 5.74) is 2.74. The predicted molar refractivity (Wildman–Crippen MR) is 109 cm³/mol. The Kier molecular flexibility index (Phi) is 5.62. The van der Waals surface area contributed by atoms with Gasteiger partial charge in [-0.15, -0.1) is 0 Å². The molecule has 1 aromatic heterocycles. The van der Waals surface area contributed by atoms with E-state index in [-0.39, 0.29) is 6.54 Å². The van der Waals surface area contributed by atoms with Crippen molar-refractivity contribution in [3.8, 4) is 5.75 Å². The maximum Gasteiger partial charge on any atom is 0.315 e. The molecule has 4 N–H and O–H groups in total. The zero-order valence-electron chi connectivity index (χ0n) is 16.1. The van der Waals surface area contributed by atoms with Crippen LogP contribution in [-0.2, 0) is 6.42 Å². The summed E-state index contributed by atoms with van der Waals surface area (Å²) in [7, 11) is 1.62. The summed E-state index contributed by atoms with van der Waals surface area (Å²) in [6.07, 6.45) is -0.564. The second-order valence-electron chi connectivity index (χ2n) is 7.14. The molecule has 2 amide bonds. The predicted octanol–water partition coefficient (Wildman–Crippen LogP) is 2.46. The van der Waals surface area contributed by atoms with Crippen LogP contribution in [0.4, 0.5) is 9.18 Å². The van der Waals surface area contributed by atoms with Crippen molar-refractivity contribution < 1.29 is 13.9 Å². The van der Waals surface area contributed by atoms with E-state index in [0.717, 1.165) is 22.3 Å². The average Bonchev–Trinajstić information content (AvgIpc) is 3.34. The number of imidazole rings is 1. The van der Waals surface area contributed by atoms with Crippen LogP contribution < -0.4 is 20.7 Å². The lowest BCUT2D eigenvalue weighted by atomic mass is 10.1. The minimum atomic E-state index is -1.09. The SMILES string of the molecule is COc1ccc(C[C@@H](NC(=O)N[C@@H]2CNC[C@@H]2F)c2nc3ccccc3[nH]2)cc1. The van der Waals surface area contributed by atoms with Crippen molar-refractivity contribution in [1.29, 1.82) is 0 Å². The highest BCUT2D eigenvalue weighted by atomic mass is 19.1. The molecule has 0 aliphatic carbocycles. The number of nitrogens with one attached hydrogen (secondary N) is 4. The molecule has 1 fully saturated rings. The molecule has 2 heterocycles. The van der Waals surface area contributed by atoms with E-state index < -0.39 is 24.3 Å². The van der Waals surface area contributed by atoms with Crippen molar-refractivity contribution in [2.75, 3.05) is 20.2 Å². The number of alkyl halides is 1. The standard InChI is InChI=1S/C21H24FN5O2/c1-29-14-8-6-13(7-9-14)10-18(20-24-16-4-2-3-5-17(16)25-20)26-21(28)27-19-12-23-11-15(19)22/h2-9,15,18-19,23H,10-12H2,1H3,(H,24,25)(H2,26,27,28)/t15-,18+,19+/m0/s1. The van der Waals surface area contributed by atoms with Gasteiger partial charge in [-0.25, -0.2) is 14.2 Å². The van der Waals surface area contributed by atoms with Gasteiger partial charge in [-0.2, -0.15) is 0 Å². The van der Waals surface area contributed by atoms with Gasteiger partial charge >= 0.3 is 6.03 Å². The third-order valence-corrected chi connectivity index (χ3v) is 5.10. The summed E-state index contributed by atoms with van der Waals surface area (Å²) in [5.74, 6) is 1.42. The van der Waals surface area contributed by atoms with E-state index in [1.54, 1.807) is 7.11 Å². The molecule has 3 aromatic rings. The minimum Gasteiger partial charge on any atom is -0.497 e. The van der Waals surface area contributed by atoms with Crippen LogP contribution in [0.25, 0.3) is 11.0 Å². The van der Waals surface area contributed by atoms with E-state index in [1.165, 1.54) is 0 Å². The van der Waals surface area contributed by atoms with Crippen LogP contribution in [0, 0.1) is 0 Å². The molecule has 0 spiro atoms. The summed E-state index contributed by atoms with van der Waals surface area (Å²) in [4.78, 5) is 20.5. The lowest BCUT2D eigenvalue weighted by molar-refractivity contribution is 0.224. The number of methoxy groups -OCH3 is 1. The van der Waals surface area contributed by atoms with Crippen LogP contribution in [0.15, 0.2) is 48.5 Å². The second kappa shape index (κ2) is 8.48. The van der Waals surface area contributed by atoms with E-state index in [9.17, 15) is 9.18 Å². The van der Waals surface area contributed by atoms with Crippen molar-refractivity contribution in [3.05, 3.63) is 59.9 Å². The third kappa shape index (κ3) is 4.48. The Bertz CT molecular complexity index is 942. The lowest BCUT2D eigenvalue weighted by Crippen LogP contribution is -2.47. The van der Waals surface area contributed by atoms with Crippen LogP contribution in [-0.4, -0.2) is 48.4 Å². The summed E-state index contributed by atoms with van der Waals surface area (Å²) in [6.45, 7) is 0.673. The molecule has 3 atom stereocenters. The first kappa shape index (κ1) is 19.2. The molecule has 1 saturated heterocycles. The fraction of sp³-hybridized carbons (Fsp3) is 0.333. The molecule has 1 aliphatic heterocycles. The number of fused-ring (bicyclic) bond motifs is 1. The van der Waals surface area contributed by atoms with Crippen molar-refractivity contribution in [1.82, 2.24) is 25.9 Å². The molecule has 0 radical (unpaired) electrons. The number of hydrogen-bond donors (Lipinski definition) is 4. The Hall–Kier alpha value is -3.13. The Balaban J connectivity index is 1.54. The molecule has 152 valence electrons. The van der Waals surface area contributed by atoms with Gasteiger partial charge in [-0.1, -0.05) is 24.3 Å². The highest BCUT2D eigenvalue weighted by molar-refractivity contribution is 5.76. The number of nitrogens with zero attached hydrogens (tertiary/aromatic N) is 1. The van der Waals surface area contributed by atoms with Crippen LogP contribution in [0.2, 0.25) is 0 Å². The van der Waals surface area contributed by atoms with Gasteiger partial charge in [0, 0.05) is 13.1 Å². The molecular weight excluding hydrogens is 373 g/mol. The number of aromatic amines is 1. The zero-order valence-corrected chi connectivity index (χ0v) is 16.1. The van der Waals surface area contributed by atoms with Crippen LogP contribution >= 0.6 is 0 Å². The van der Waals surface area contributed by atoms with E-state index in [1.807, 2.05) is 48.5 Å². The third-order valence-electron chi connectivity index (χ3n) is 5.10. The number of halogens is 1. The lowest BCUT2D eigenvalue weighted by Gasteiger charge is -2.20. The largest absolute Gasteiger partial charge is 0.497 e. The average molecular weight is 397 g/mol. The first-order chi connectivity index (χ1) is 14.1. The molecule has 0 unspecified atom stereocenters. The van der Waals surface area contributed by atoms with Gasteiger partial charge in [0.1, 0.15) is 17.7 Å². The van der Waals surface area contributed by atoms with Crippen LogP contribution in [0.5, 0.6) is 5.75 Å². The molecule has 2 aromatic carbocycles. The number of benzene rings is 2. The molecule has 0 saturated carbocycles. The molecular formula is C21H24FN5O2. The number of amides is 2. The van der Waals surface area contributed by atoms with Gasteiger partial charge in [0.2, 0.25) is 0 Å². The maximum atomic E-state index is 13.8. The Labute approximate surface area is 168 Å². The number of hydrogen-bond acceptors (Lipinski definition) is 4. The first-order valence-electron chi connectivity index (χ1n) is 9.62. The van der Waals surface area contributed by atoms with Crippen molar-refractivity contribution >= 4 is 17.1 Å². The number of ether oxygens (including phenoxy) is 1. The van der Waals surface area contributed by atoms with Gasteiger partial charge in [-0.05, 0) is 36.2 Å².